The number of hydrogen-bond acceptors (Lipinski definition) is 3. The van der Waals surface area contributed by atoms with Gasteiger partial charge in [-0.2, -0.15) is 0 Å². The molecule has 16 heavy (non-hydrogen) atoms. The number of imidazole rings is 1. The van der Waals surface area contributed by atoms with Gasteiger partial charge in [0, 0.05) is 26.3 Å². The van der Waals surface area contributed by atoms with Crippen molar-refractivity contribution >= 4 is 0 Å². The first-order valence-electron chi connectivity index (χ1n) is 6.15. The molecule has 4 heteroatoms. The lowest BCUT2D eigenvalue weighted by atomic mass is 10.2. The van der Waals surface area contributed by atoms with E-state index in [1.807, 2.05) is 31.2 Å². The van der Waals surface area contributed by atoms with Crippen molar-refractivity contribution in [2.45, 2.75) is 32.6 Å². The van der Waals surface area contributed by atoms with E-state index in [1.165, 1.54) is 32.4 Å². The summed E-state index contributed by atoms with van der Waals surface area (Å²) < 4.78 is 1.96. The first-order valence-corrected chi connectivity index (χ1v) is 6.15. The molecular formula is C12H24N4. The Hall–Kier alpha value is -0.870. The van der Waals surface area contributed by atoms with Crippen molar-refractivity contribution in [2.75, 3.05) is 20.1 Å². The molecule has 0 saturated carbocycles. The lowest BCUT2D eigenvalue weighted by Crippen LogP contribution is -2.38. The van der Waals surface area contributed by atoms with Crippen LogP contribution in [0.2, 0.25) is 0 Å². The van der Waals surface area contributed by atoms with Gasteiger partial charge in [0.25, 0.3) is 0 Å². The number of hydrogen-bond donors (Lipinski definition) is 1. The molecule has 2 rings (SSSR count). The molecule has 0 aliphatic carbocycles. The Morgan fingerprint density at radius 2 is 2.00 bits per heavy atom. The van der Waals surface area contributed by atoms with Gasteiger partial charge in [0.15, 0.2) is 0 Å². The van der Waals surface area contributed by atoms with Crippen LogP contribution in [0.15, 0.2) is 12.5 Å². The highest BCUT2D eigenvalue weighted by atomic mass is 15.5. The minimum absolute atomic E-state index is 1.03. The molecule has 0 amide bonds. The fraction of sp³-hybridized carbons (Fsp3) is 0.750. The SMILES string of the molecule is CCc1cn(C)cn1.CNN1CCCCC1. The molecule has 4 nitrogen and oxygen atoms in total. The fourth-order valence-corrected chi connectivity index (χ4v) is 1.77. The number of aryl methyl sites for hydroxylation is 2. The van der Waals surface area contributed by atoms with E-state index in [2.05, 4.69) is 22.3 Å². The average molecular weight is 224 g/mol. The summed E-state index contributed by atoms with van der Waals surface area (Å²) >= 11 is 0. The zero-order chi connectivity index (χ0) is 11.8. The molecule has 0 radical (unpaired) electrons. The third-order valence-corrected chi connectivity index (χ3v) is 2.79. The van der Waals surface area contributed by atoms with Gasteiger partial charge in [-0.3, -0.25) is 5.43 Å². The Kier molecular flexibility index (Phi) is 6.11. The molecule has 1 aliphatic heterocycles. The summed E-state index contributed by atoms with van der Waals surface area (Å²) in [5.74, 6) is 0. The maximum Gasteiger partial charge on any atom is 0.0946 e. The highest BCUT2D eigenvalue weighted by Gasteiger charge is 2.05. The second kappa shape index (κ2) is 7.41. The number of nitrogens with zero attached hydrogens (tertiary/aromatic N) is 3. The minimum Gasteiger partial charge on any atom is -0.340 e. The summed E-state index contributed by atoms with van der Waals surface area (Å²) in [6, 6.07) is 0. The van der Waals surface area contributed by atoms with E-state index in [0.717, 1.165) is 12.1 Å². The van der Waals surface area contributed by atoms with Crippen molar-refractivity contribution in [3.8, 4) is 0 Å². The fourth-order valence-electron chi connectivity index (χ4n) is 1.77. The van der Waals surface area contributed by atoms with Crippen LogP contribution in [0.5, 0.6) is 0 Å². The van der Waals surface area contributed by atoms with Crippen LogP contribution in [0.3, 0.4) is 0 Å². The van der Waals surface area contributed by atoms with E-state index < -0.39 is 0 Å². The van der Waals surface area contributed by atoms with Crippen LogP contribution in [-0.2, 0) is 13.5 Å². The number of piperidine rings is 1. The molecule has 1 N–H and O–H groups in total. The van der Waals surface area contributed by atoms with Crippen LogP contribution in [0, 0.1) is 0 Å². The van der Waals surface area contributed by atoms with E-state index in [0.29, 0.717) is 0 Å². The second-order valence-corrected chi connectivity index (χ2v) is 4.16. The quantitative estimate of drug-likeness (QED) is 0.828. The first-order chi connectivity index (χ1) is 7.76. The van der Waals surface area contributed by atoms with Gasteiger partial charge in [-0.05, 0) is 26.3 Å². The molecule has 1 aromatic heterocycles. The van der Waals surface area contributed by atoms with Crippen molar-refractivity contribution in [2.24, 2.45) is 7.05 Å². The zero-order valence-corrected chi connectivity index (χ0v) is 10.7. The van der Waals surface area contributed by atoms with E-state index in [1.54, 1.807) is 0 Å². The third kappa shape index (κ3) is 4.77. The Morgan fingerprint density at radius 3 is 2.31 bits per heavy atom. The number of nitrogens with one attached hydrogen (secondary N) is 1. The van der Waals surface area contributed by atoms with Gasteiger partial charge in [-0.15, -0.1) is 0 Å². The number of aromatic nitrogens is 2. The molecule has 0 spiro atoms. The van der Waals surface area contributed by atoms with Gasteiger partial charge in [-0.1, -0.05) is 13.3 Å². The van der Waals surface area contributed by atoms with Crippen LogP contribution < -0.4 is 5.43 Å². The number of hydrazine groups is 1. The second-order valence-electron chi connectivity index (χ2n) is 4.16. The largest absolute Gasteiger partial charge is 0.340 e. The normalized spacial score (nSPS) is 16.7. The van der Waals surface area contributed by atoms with Crippen molar-refractivity contribution < 1.29 is 0 Å². The Balaban J connectivity index is 0.000000160. The Labute approximate surface area is 98.6 Å². The molecule has 1 saturated heterocycles. The highest BCUT2D eigenvalue weighted by Crippen LogP contribution is 2.04. The maximum absolute atomic E-state index is 4.10. The van der Waals surface area contributed by atoms with Gasteiger partial charge in [0.2, 0.25) is 0 Å². The van der Waals surface area contributed by atoms with Gasteiger partial charge >= 0.3 is 0 Å². The van der Waals surface area contributed by atoms with E-state index in [9.17, 15) is 0 Å². The summed E-state index contributed by atoms with van der Waals surface area (Å²) in [5.41, 5.74) is 4.30. The van der Waals surface area contributed by atoms with Crippen molar-refractivity contribution in [3.05, 3.63) is 18.2 Å². The van der Waals surface area contributed by atoms with Crippen LogP contribution >= 0.6 is 0 Å². The molecule has 0 atom stereocenters. The molecule has 0 aromatic carbocycles. The summed E-state index contributed by atoms with van der Waals surface area (Å²) in [6.07, 6.45) is 9.01. The predicted octanol–water partition coefficient (Wildman–Crippen LogP) is 1.59. The van der Waals surface area contributed by atoms with Gasteiger partial charge < -0.3 is 4.57 Å². The van der Waals surface area contributed by atoms with Gasteiger partial charge in [0.05, 0.1) is 12.0 Å². The molecule has 1 fully saturated rings. The van der Waals surface area contributed by atoms with Crippen molar-refractivity contribution in [3.63, 3.8) is 0 Å². The van der Waals surface area contributed by atoms with Gasteiger partial charge in [-0.25, -0.2) is 9.99 Å². The Bertz CT molecular complexity index is 276. The number of rotatable bonds is 2. The standard InChI is InChI=1S/C6H14N2.C6H10N2/c1-7-8-5-3-2-4-6-8;1-3-6-4-8(2)5-7-6/h7H,2-6H2,1H3;4-5H,3H2,1-2H3. The molecule has 0 bridgehead atoms. The first kappa shape index (κ1) is 13.2. The highest BCUT2D eigenvalue weighted by molar-refractivity contribution is 4.94. The van der Waals surface area contributed by atoms with Gasteiger partial charge in [0.1, 0.15) is 0 Å². The molecule has 0 unspecified atom stereocenters. The molecule has 92 valence electrons. The minimum atomic E-state index is 1.03. The van der Waals surface area contributed by atoms with E-state index in [-0.39, 0.29) is 0 Å². The van der Waals surface area contributed by atoms with E-state index in [4.69, 9.17) is 0 Å². The molecular weight excluding hydrogens is 200 g/mol. The lowest BCUT2D eigenvalue weighted by Gasteiger charge is -2.24. The van der Waals surface area contributed by atoms with Crippen LogP contribution in [0.1, 0.15) is 31.9 Å². The molecule has 2 heterocycles. The summed E-state index contributed by atoms with van der Waals surface area (Å²) in [6.45, 7) is 4.56. The smallest absolute Gasteiger partial charge is 0.0946 e. The molecule has 1 aromatic rings. The maximum atomic E-state index is 4.10. The third-order valence-electron chi connectivity index (χ3n) is 2.79. The van der Waals surface area contributed by atoms with E-state index >= 15 is 0 Å². The molecule has 1 aliphatic rings. The predicted molar refractivity (Wildman–Crippen MR) is 67.1 cm³/mol. The van der Waals surface area contributed by atoms with Crippen molar-refractivity contribution in [1.29, 1.82) is 0 Å². The summed E-state index contributed by atoms with van der Waals surface area (Å²) in [4.78, 5) is 4.10. The topological polar surface area (TPSA) is 33.1 Å². The summed E-state index contributed by atoms with van der Waals surface area (Å²) in [7, 11) is 3.97. The van der Waals surface area contributed by atoms with Crippen LogP contribution in [0.25, 0.3) is 0 Å². The van der Waals surface area contributed by atoms with Crippen LogP contribution in [0.4, 0.5) is 0 Å². The summed E-state index contributed by atoms with van der Waals surface area (Å²) in [5, 5.41) is 2.27. The van der Waals surface area contributed by atoms with Crippen molar-refractivity contribution in [1.82, 2.24) is 20.0 Å². The van der Waals surface area contributed by atoms with Crippen LogP contribution in [-0.4, -0.2) is 34.7 Å². The average Bonchev–Trinajstić information content (AvgIpc) is 2.77. The lowest BCUT2D eigenvalue weighted by molar-refractivity contribution is 0.171. The zero-order valence-electron chi connectivity index (χ0n) is 10.7. The Morgan fingerprint density at radius 1 is 1.31 bits per heavy atom. The monoisotopic (exact) mass is 224 g/mol.